The molecule has 250 valence electrons. The first-order chi connectivity index (χ1) is 21.8. The van der Waals surface area contributed by atoms with E-state index in [1.807, 2.05) is 6.92 Å². The summed E-state index contributed by atoms with van der Waals surface area (Å²) in [6.07, 6.45) is -1.24. The Morgan fingerprint density at radius 3 is 1.89 bits per heavy atom. The summed E-state index contributed by atoms with van der Waals surface area (Å²) < 4.78 is 145. The molecule has 2 aliphatic carbocycles. The second kappa shape index (κ2) is 13.9. The second-order valence-electron chi connectivity index (χ2n) is 12.5. The van der Waals surface area contributed by atoms with Crippen molar-refractivity contribution < 1.29 is 48.6 Å². The van der Waals surface area contributed by atoms with Crippen LogP contribution in [0.1, 0.15) is 104 Å². The van der Waals surface area contributed by atoms with Crippen molar-refractivity contribution in [1.29, 1.82) is 0 Å². The number of alkyl halides is 3. The monoisotopic (exact) mass is 660 g/mol. The average Bonchev–Trinajstić information content (AvgIpc) is 3.00. The summed E-state index contributed by atoms with van der Waals surface area (Å²) >= 11 is 0. The van der Waals surface area contributed by atoms with Crippen LogP contribution in [0.25, 0.3) is 0 Å². The summed E-state index contributed by atoms with van der Waals surface area (Å²) in [5, 5.41) is 0. The molecule has 0 saturated heterocycles. The molecule has 5 rings (SSSR count). The predicted molar refractivity (Wildman–Crippen MR) is 152 cm³/mol. The van der Waals surface area contributed by atoms with E-state index >= 15 is 13.2 Å². The first-order valence-corrected chi connectivity index (χ1v) is 15.7. The van der Waals surface area contributed by atoms with Crippen molar-refractivity contribution in [3.8, 4) is 5.75 Å². The fourth-order valence-electron chi connectivity index (χ4n) is 7.10. The van der Waals surface area contributed by atoms with Gasteiger partial charge in [0.25, 0.3) is 0 Å². The van der Waals surface area contributed by atoms with Crippen LogP contribution in [-0.4, -0.2) is 6.36 Å². The molecule has 3 aromatic rings. The number of fused-ring (bicyclic) bond motifs is 1. The summed E-state index contributed by atoms with van der Waals surface area (Å²) in [5.74, 6) is -10.5. The van der Waals surface area contributed by atoms with Crippen molar-refractivity contribution in [3.63, 3.8) is 0 Å². The van der Waals surface area contributed by atoms with Crippen LogP contribution < -0.4 is 4.74 Å². The van der Waals surface area contributed by atoms with Crippen LogP contribution in [0.3, 0.4) is 0 Å². The van der Waals surface area contributed by atoms with Gasteiger partial charge in [-0.05, 0) is 135 Å². The molecule has 1 atom stereocenters. The first-order valence-electron chi connectivity index (χ1n) is 15.7. The van der Waals surface area contributed by atoms with E-state index in [1.54, 1.807) is 0 Å². The molecule has 1 saturated carbocycles. The number of hydrogen-bond donors (Lipinski definition) is 0. The molecule has 0 heterocycles. The molecular weight excluding hydrogens is 626 g/mol. The average molecular weight is 661 g/mol. The maximum Gasteiger partial charge on any atom is 0.573 e. The van der Waals surface area contributed by atoms with Crippen LogP contribution >= 0.6 is 0 Å². The van der Waals surface area contributed by atoms with Crippen molar-refractivity contribution in [2.45, 2.75) is 102 Å². The van der Waals surface area contributed by atoms with Gasteiger partial charge in [0, 0.05) is 11.1 Å². The molecule has 0 spiro atoms. The molecule has 0 aliphatic heterocycles. The lowest BCUT2D eigenvalue weighted by Crippen LogP contribution is -2.23. The number of halogens is 10. The van der Waals surface area contributed by atoms with E-state index in [1.165, 1.54) is 12.1 Å². The van der Waals surface area contributed by atoms with Crippen LogP contribution in [0.4, 0.5) is 43.9 Å². The van der Waals surface area contributed by atoms with Crippen molar-refractivity contribution in [2.24, 2.45) is 5.92 Å². The van der Waals surface area contributed by atoms with Crippen LogP contribution in [0.15, 0.2) is 24.3 Å². The standard InChI is InChI=1S/C35H34F10O/c1-2-3-4-19-14-26(36)24(27(37)15-19)12-6-18-5-11-23-25(13-18)32(41)33(42)30(31(23)40)21-9-7-20(8-10-21)22-16-28(38)34(29(39)17-22)46-35(43,44)45/h14-18,20-21H,2-13H2,1H3. The minimum Gasteiger partial charge on any atom is -0.399 e. The summed E-state index contributed by atoms with van der Waals surface area (Å²) in [6.45, 7) is 1.98. The van der Waals surface area contributed by atoms with Crippen LogP contribution in [-0.2, 0) is 25.7 Å². The summed E-state index contributed by atoms with van der Waals surface area (Å²) in [4.78, 5) is 0. The van der Waals surface area contributed by atoms with E-state index in [2.05, 4.69) is 4.74 Å². The highest BCUT2D eigenvalue weighted by Gasteiger charge is 2.37. The van der Waals surface area contributed by atoms with E-state index in [0.717, 1.165) is 25.0 Å². The highest BCUT2D eigenvalue weighted by molar-refractivity contribution is 5.41. The Bertz CT molecular complexity index is 1530. The van der Waals surface area contributed by atoms with Gasteiger partial charge in [-0.25, -0.2) is 30.7 Å². The quantitative estimate of drug-likeness (QED) is 0.164. The predicted octanol–water partition coefficient (Wildman–Crippen LogP) is 11.1. The number of unbranched alkanes of at least 4 members (excludes halogenated alkanes) is 1. The third kappa shape index (κ3) is 7.33. The van der Waals surface area contributed by atoms with Gasteiger partial charge in [0.15, 0.2) is 23.3 Å². The number of rotatable bonds is 9. The Kier molecular flexibility index (Phi) is 10.3. The lowest BCUT2D eigenvalue weighted by molar-refractivity contribution is -0.276. The fourth-order valence-corrected chi connectivity index (χ4v) is 7.10. The fraction of sp³-hybridized carbons (Fsp3) is 0.486. The highest BCUT2D eigenvalue weighted by Crippen LogP contribution is 2.45. The third-order valence-electron chi connectivity index (χ3n) is 9.52. The van der Waals surface area contributed by atoms with Gasteiger partial charge in [0.2, 0.25) is 5.75 Å². The second-order valence-corrected chi connectivity index (χ2v) is 12.5. The third-order valence-corrected chi connectivity index (χ3v) is 9.52. The van der Waals surface area contributed by atoms with Crippen molar-refractivity contribution in [2.75, 3.05) is 0 Å². The number of hydrogen-bond acceptors (Lipinski definition) is 1. The lowest BCUT2D eigenvalue weighted by atomic mass is 9.73. The zero-order chi connectivity index (χ0) is 33.3. The lowest BCUT2D eigenvalue weighted by Gasteiger charge is -2.32. The normalized spacial score (nSPS) is 20.1. The van der Waals surface area contributed by atoms with Gasteiger partial charge in [0.05, 0.1) is 0 Å². The zero-order valence-corrected chi connectivity index (χ0v) is 25.2. The molecule has 46 heavy (non-hydrogen) atoms. The number of ether oxygens (including phenoxy) is 1. The van der Waals surface area contributed by atoms with Crippen molar-refractivity contribution in [3.05, 3.63) is 98.4 Å². The van der Waals surface area contributed by atoms with Gasteiger partial charge in [-0.15, -0.1) is 13.2 Å². The topological polar surface area (TPSA) is 9.23 Å². The Hall–Kier alpha value is -3.24. The van der Waals surface area contributed by atoms with Gasteiger partial charge < -0.3 is 4.74 Å². The van der Waals surface area contributed by atoms with Gasteiger partial charge in [-0.2, -0.15) is 0 Å². The van der Waals surface area contributed by atoms with E-state index in [9.17, 15) is 30.7 Å². The zero-order valence-electron chi connectivity index (χ0n) is 25.2. The Morgan fingerprint density at radius 1 is 0.696 bits per heavy atom. The molecule has 0 amide bonds. The molecule has 1 nitrogen and oxygen atoms in total. The summed E-state index contributed by atoms with van der Waals surface area (Å²) in [5.41, 5.74) is 0.290. The minimum atomic E-state index is -5.28. The Morgan fingerprint density at radius 2 is 1.30 bits per heavy atom. The highest BCUT2D eigenvalue weighted by atomic mass is 19.4. The van der Waals surface area contributed by atoms with E-state index < -0.39 is 64.7 Å². The van der Waals surface area contributed by atoms with Crippen LogP contribution in [0, 0.1) is 46.6 Å². The smallest absolute Gasteiger partial charge is 0.399 e. The minimum absolute atomic E-state index is 0.0328. The van der Waals surface area contributed by atoms with E-state index in [-0.39, 0.29) is 78.7 Å². The van der Waals surface area contributed by atoms with Gasteiger partial charge in [0.1, 0.15) is 17.5 Å². The van der Waals surface area contributed by atoms with Crippen molar-refractivity contribution >= 4 is 0 Å². The molecule has 0 bridgehead atoms. The molecule has 2 aliphatic rings. The molecular formula is C35H34F10O. The van der Waals surface area contributed by atoms with E-state index in [0.29, 0.717) is 24.8 Å². The molecule has 1 unspecified atom stereocenters. The first kappa shape index (κ1) is 34.1. The maximum absolute atomic E-state index is 15.8. The maximum atomic E-state index is 15.8. The Labute approximate surface area is 261 Å². The molecule has 0 N–H and O–H groups in total. The molecule has 0 radical (unpaired) electrons. The molecule has 11 heteroatoms. The summed E-state index contributed by atoms with van der Waals surface area (Å²) in [7, 11) is 0. The number of aryl methyl sites for hydroxylation is 1. The van der Waals surface area contributed by atoms with Crippen LogP contribution in [0.5, 0.6) is 5.75 Å². The molecule has 0 aromatic heterocycles. The van der Waals surface area contributed by atoms with Crippen molar-refractivity contribution in [1.82, 2.24) is 0 Å². The summed E-state index contributed by atoms with van der Waals surface area (Å²) in [6, 6.07) is 4.19. The SMILES string of the molecule is CCCCc1cc(F)c(CCC2CCc3c(F)c(C4CCC(c5cc(F)c(OC(F)(F)F)c(F)c5)CC4)c(F)c(F)c3C2)c(F)c1. The molecule has 3 aromatic carbocycles. The van der Waals surface area contributed by atoms with Gasteiger partial charge in [-0.3, -0.25) is 0 Å². The van der Waals surface area contributed by atoms with Gasteiger partial charge >= 0.3 is 6.36 Å². The van der Waals surface area contributed by atoms with Gasteiger partial charge in [-0.1, -0.05) is 13.3 Å². The largest absolute Gasteiger partial charge is 0.573 e. The molecule has 1 fully saturated rings. The van der Waals surface area contributed by atoms with E-state index in [4.69, 9.17) is 0 Å². The Balaban J connectivity index is 1.26. The van der Waals surface area contributed by atoms with Crippen LogP contribution in [0.2, 0.25) is 0 Å². The number of benzene rings is 3.